The average molecular weight is 397 g/mol. The molecule has 2 N–H and O–H groups in total. The number of anilines is 3. The fourth-order valence-electron chi connectivity index (χ4n) is 3.57. The van der Waals surface area contributed by atoms with Gasteiger partial charge in [0.1, 0.15) is 0 Å². The Morgan fingerprint density at radius 3 is 2.24 bits per heavy atom. The number of aromatic hydroxyl groups is 1. The van der Waals surface area contributed by atoms with Crippen LogP contribution in [0.2, 0.25) is 0 Å². The molecule has 0 atom stereocenters. The Bertz CT molecular complexity index is 828. The number of nitrogens with one attached hydrogen (secondary N) is 1. The van der Waals surface area contributed by atoms with Crippen molar-refractivity contribution < 1.29 is 9.84 Å². The number of nitrogens with zero attached hydrogens (tertiary/aromatic N) is 6. The second-order valence-corrected chi connectivity index (χ2v) is 7.18. The number of hydrazone groups is 1. The lowest BCUT2D eigenvalue weighted by Gasteiger charge is -2.20. The number of phenolic OH excluding ortho intramolecular Hbond substituents is 1. The first kappa shape index (κ1) is 19.2. The number of hydrogen-bond donors (Lipinski definition) is 2. The maximum atomic E-state index is 9.82. The zero-order valence-electron chi connectivity index (χ0n) is 16.7. The predicted molar refractivity (Wildman–Crippen MR) is 113 cm³/mol. The van der Waals surface area contributed by atoms with E-state index in [1.807, 2.05) is 6.92 Å². The number of ether oxygens (including phenoxy) is 1. The van der Waals surface area contributed by atoms with E-state index in [9.17, 15) is 5.11 Å². The van der Waals surface area contributed by atoms with Gasteiger partial charge in [0.25, 0.3) is 0 Å². The van der Waals surface area contributed by atoms with Crippen LogP contribution in [0.3, 0.4) is 0 Å². The van der Waals surface area contributed by atoms with E-state index in [4.69, 9.17) is 9.72 Å². The highest BCUT2D eigenvalue weighted by atomic mass is 16.5. The fraction of sp³-hybridized carbons (Fsp3) is 0.500. The molecule has 4 rings (SSSR count). The minimum absolute atomic E-state index is 0.111. The molecule has 0 radical (unpaired) electrons. The van der Waals surface area contributed by atoms with Crippen LogP contribution in [-0.2, 0) is 0 Å². The van der Waals surface area contributed by atoms with Crippen molar-refractivity contribution in [2.45, 2.75) is 32.6 Å². The molecule has 2 saturated heterocycles. The van der Waals surface area contributed by atoms with Crippen molar-refractivity contribution >= 4 is 24.1 Å². The van der Waals surface area contributed by atoms with E-state index in [0.717, 1.165) is 57.4 Å². The molecule has 154 valence electrons. The Labute approximate surface area is 170 Å². The van der Waals surface area contributed by atoms with Crippen molar-refractivity contribution in [3.63, 3.8) is 0 Å². The lowest BCUT2D eigenvalue weighted by molar-refractivity contribution is 0.318. The highest BCUT2D eigenvalue weighted by Crippen LogP contribution is 2.26. The quantitative estimate of drug-likeness (QED) is 0.543. The molecule has 3 heterocycles. The molecule has 0 spiro atoms. The fourth-order valence-corrected chi connectivity index (χ4v) is 3.57. The van der Waals surface area contributed by atoms with E-state index in [1.54, 1.807) is 24.4 Å². The summed E-state index contributed by atoms with van der Waals surface area (Å²) in [5.74, 6) is 2.40. The highest BCUT2D eigenvalue weighted by Gasteiger charge is 2.21. The molecule has 9 nitrogen and oxygen atoms in total. The SMILES string of the molecule is CCOc1cc(/C=N\Nc2nc(N3CCCC3)nc(N3CCCC3)n2)ccc1O. The summed E-state index contributed by atoms with van der Waals surface area (Å²) in [4.78, 5) is 18.2. The molecule has 2 aliphatic heterocycles. The normalized spacial score (nSPS) is 16.7. The van der Waals surface area contributed by atoms with Gasteiger partial charge in [0.15, 0.2) is 11.5 Å². The number of phenols is 1. The average Bonchev–Trinajstić information content (AvgIpc) is 3.45. The molecule has 9 heteroatoms. The zero-order chi connectivity index (χ0) is 20.1. The first-order chi connectivity index (χ1) is 14.2. The Hall–Kier alpha value is -3.10. The van der Waals surface area contributed by atoms with E-state index in [2.05, 4.69) is 30.3 Å². The number of rotatable bonds is 7. The molecule has 2 fully saturated rings. The third-order valence-corrected chi connectivity index (χ3v) is 5.05. The number of aromatic nitrogens is 3. The van der Waals surface area contributed by atoms with Crippen LogP contribution in [0.15, 0.2) is 23.3 Å². The van der Waals surface area contributed by atoms with Gasteiger partial charge in [0, 0.05) is 26.2 Å². The summed E-state index contributed by atoms with van der Waals surface area (Å²) in [6, 6.07) is 5.09. The van der Waals surface area contributed by atoms with Crippen molar-refractivity contribution in [2.75, 3.05) is 48.0 Å². The minimum Gasteiger partial charge on any atom is -0.504 e. The van der Waals surface area contributed by atoms with Gasteiger partial charge in [-0.2, -0.15) is 20.1 Å². The number of benzene rings is 1. The Morgan fingerprint density at radius 2 is 1.66 bits per heavy atom. The maximum Gasteiger partial charge on any atom is 0.250 e. The summed E-state index contributed by atoms with van der Waals surface area (Å²) in [6.07, 6.45) is 6.30. The van der Waals surface area contributed by atoms with Crippen molar-refractivity contribution in [1.29, 1.82) is 0 Å². The molecule has 0 bridgehead atoms. The van der Waals surface area contributed by atoms with Gasteiger partial charge in [-0.3, -0.25) is 0 Å². The van der Waals surface area contributed by atoms with Gasteiger partial charge in [-0.1, -0.05) is 0 Å². The van der Waals surface area contributed by atoms with Crippen LogP contribution in [0.4, 0.5) is 17.8 Å². The van der Waals surface area contributed by atoms with E-state index >= 15 is 0 Å². The van der Waals surface area contributed by atoms with E-state index in [-0.39, 0.29) is 5.75 Å². The number of hydrogen-bond acceptors (Lipinski definition) is 9. The van der Waals surface area contributed by atoms with Crippen molar-refractivity contribution in [3.8, 4) is 11.5 Å². The Kier molecular flexibility index (Phi) is 5.92. The Morgan fingerprint density at radius 1 is 1.03 bits per heavy atom. The predicted octanol–water partition coefficient (Wildman–Crippen LogP) is 2.62. The molecule has 0 unspecified atom stereocenters. The van der Waals surface area contributed by atoms with Crippen LogP contribution >= 0.6 is 0 Å². The van der Waals surface area contributed by atoms with Gasteiger partial charge in [0.2, 0.25) is 17.8 Å². The topological polar surface area (TPSA) is 99.0 Å². The van der Waals surface area contributed by atoms with Crippen LogP contribution in [0.25, 0.3) is 0 Å². The van der Waals surface area contributed by atoms with Crippen molar-refractivity contribution in [1.82, 2.24) is 15.0 Å². The summed E-state index contributed by atoms with van der Waals surface area (Å²) >= 11 is 0. The summed E-state index contributed by atoms with van der Waals surface area (Å²) in [5.41, 5.74) is 3.74. The van der Waals surface area contributed by atoms with Crippen molar-refractivity contribution in [3.05, 3.63) is 23.8 Å². The first-order valence-electron chi connectivity index (χ1n) is 10.2. The van der Waals surface area contributed by atoms with Gasteiger partial charge < -0.3 is 19.6 Å². The third kappa shape index (κ3) is 4.67. The molecule has 1 aromatic heterocycles. The van der Waals surface area contributed by atoms with Gasteiger partial charge in [-0.05, 0) is 56.4 Å². The summed E-state index contributed by atoms with van der Waals surface area (Å²) in [6.45, 7) is 6.24. The lowest BCUT2D eigenvalue weighted by Crippen LogP contribution is -2.25. The molecule has 2 aliphatic rings. The third-order valence-electron chi connectivity index (χ3n) is 5.05. The summed E-state index contributed by atoms with van der Waals surface area (Å²) < 4.78 is 5.41. The molecule has 0 aliphatic carbocycles. The van der Waals surface area contributed by atoms with Gasteiger partial charge in [-0.15, -0.1) is 0 Å². The van der Waals surface area contributed by atoms with E-state index < -0.39 is 0 Å². The first-order valence-corrected chi connectivity index (χ1v) is 10.2. The molecule has 2 aromatic rings. The van der Waals surface area contributed by atoms with Gasteiger partial charge >= 0.3 is 0 Å². The smallest absolute Gasteiger partial charge is 0.250 e. The largest absolute Gasteiger partial charge is 0.504 e. The van der Waals surface area contributed by atoms with Crippen LogP contribution < -0.4 is 20.0 Å². The highest BCUT2D eigenvalue weighted by molar-refractivity contribution is 5.81. The molecule has 29 heavy (non-hydrogen) atoms. The van der Waals surface area contributed by atoms with E-state index in [1.165, 1.54) is 0 Å². The van der Waals surface area contributed by atoms with Gasteiger partial charge in [0.05, 0.1) is 12.8 Å². The zero-order valence-corrected chi connectivity index (χ0v) is 16.7. The molecule has 0 amide bonds. The van der Waals surface area contributed by atoms with Gasteiger partial charge in [-0.25, -0.2) is 5.43 Å². The van der Waals surface area contributed by atoms with Crippen LogP contribution in [0.1, 0.15) is 38.2 Å². The second-order valence-electron chi connectivity index (χ2n) is 7.18. The lowest BCUT2D eigenvalue weighted by atomic mass is 10.2. The monoisotopic (exact) mass is 397 g/mol. The molecular weight excluding hydrogens is 370 g/mol. The van der Waals surface area contributed by atoms with Crippen LogP contribution in [0, 0.1) is 0 Å². The molecule has 0 saturated carbocycles. The van der Waals surface area contributed by atoms with Crippen LogP contribution in [0.5, 0.6) is 11.5 Å². The second kappa shape index (κ2) is 8.93. The van der Waals surface area contributed by atoms with Crippen LogP contribution in [-0.4, -0.2) is 59.1 Å². The molecular formula is C20H27N7O2. The van der Waals surface area contributed by atoms with Crippen molar-refractivity contribution in [2.24, 2.45) is 5.10 Å². The summed E-state index contributed by atoms with van der Waals surface area (Å²) in [7, 11) is 0. The van der Waals surface area contributed by atoms with E-state index in [0.29, 0.717) is 30.2 Å². The Balaban J connectivity index is 1.52. The summed E-state index contributed by atoms with van der Waals surface area (Å²) in [5, 5.41) is 14.1. The maximum absolute atomic E-state index is 9.82. The molecule has 1 aromatic carbocycles. The standard InChI is InChI=1S/C20H27N7O2/c1-2-29-17-13-15(7-8-16(17)28)14-21-25-18-22-19(26-9-3-4-10-26)24-20(23-18)27-11-5-6-12-27/h7-8,13-14,28H,2-6,9-12H2,1H3,(H,22,23,24,25)/b21-14-. The minimum atomic E-state index is 0.111.